The molecule has 2 rings (SSSR count). The summed E-state index contributed by atoms with van der Waals surface area (Å²) in [4.78, 5) is 12.2. The molecule has 1 saturated carbocycles. The molecule has 0 amide bonds. The van der Waals surface area contributed by atoms with E-state index in [0.717, 1.165) is 12.8 Å². The lowest BCUT2D eigenvalue weighted by atomic mass is 9.90. The Bertz CT molecular complexity index is 468. The largest absolute Gasteiger partial charge is 0.454 e. The zero-order valence-corrected chi connectivity index (χ0v) is 11.8. The van der Waals surface area contributed by atoms with E-state index >= 15 is 0 Å². The second-order valence-corrected chi connectivity index (χ2v) is 6.32. The van der Waals surface area contributed by atoms with Crippen LogP contribution in [0.3, 0.4) is 0 Å². The van der Waals surface area contributed by atoms with Crippen LogP contribution in [0.5, 0.6) is 0 Å². The number of esters is 1. The summed E-state index contributed by atoms with van der Waals surface area (Å²) in [6, 6.07) is 6.62. The first-order valence-electron chi connectivity index (χ1n) is 6.84. The van der Waals surface area contributed by atoms with Crippen molar-refractivity contribution in [2.45, 2.75) is 52.1 Å². The molecule has 3 heteroatoms. The second kappa shape index (κ2) is 4.95. The van der Waals surface area contributed by atoms with Crippen molar-refractivity contribution in [2.75, 3.05) is 0 Å². The Kier molecular flexibility index (Phi) is 3.66. The molecule has 0 aromatic heterocycles. The van der Waals surface area contributed by atoms with E-state index in [1.807, 2.05) is 20.8 Å². The van der Waals surface area contributed by atoms with Gasteiger partial charge in [0, 0.05) is 5.56 Å². The predicted molar refractivity (Wildman–Crippen MR) is 72.1 cm³/mol. The quantitative estimate of drug-likeness (QED) is 0.749. The molecule has 0 heterocycles. The van der Waals surface area contributed by atoms with Gasteiger partial charge in [-0.25, -0.2) is 4.39 Å². The summed E-state index contributed by atoms with van der Waals surface area (Å²) in [5, 5.41) is 0. The van der Waals surface area contributed by atoms with Gasteiger partial charge in [-0.3, -0.25) is 4.79 Å². The topological polar surface area (TPSA) is 26.3 Å². The number of rotatable bonds is 2. The zero-order valence-electron chi connectivity index (χ0n) is 11.8. The fourth-order valence-electron chi connectivity index (χ4n) is 2.53. The average Bonchev–Trinajstić information content (AvgIpc) is 2.78. The molecule has 1 aromatic carbocycles. The van der Waals surface area contributed by atoms with Crippen molar-refractivity contribution < 1.29 is 13.9 Å². The van der Waals surface area contributed by atoms with E-state index in [2.05, 4.69) is 0 Å². The lowest BCUT2D eigenvalue weighted by Gasteiger charge is -2.32. The number of benzene rings is 1. The molecule has 1 aliphatic carbocycles. The third-order valence-corrected chi connectivity index (χ3v) is 3.68. The molecular formula is C16H21FO2. The van der Waals surface area contributed by atoms with E-state index < -0.39 is 11.0 Å². The Balaban J connectivity index is 2.34. The van der Waals surface area contributed by atoms with E-state index in [1.165, 1.54) is 6.07 Å². The van der Waals surface area contributed by atoms with E-state index in [9.17, 15) is 9.18 Å². The van der Waals surface area contributed by atoms with Gasteiger partial charge in [-0.05, 0) is 52.5 Å². The molecule has 0 spiro atoms. The van der Waals surface area contributed by atoms with Crippen LogP contribution in [0.15, 0.2) is 24.3 Å². The summed E-state index contributed by atoms with van der Waals surface area (Å²) in [7, 11) is 0. The standard InChI is InChI=1S/C16H21FO2/c1-15(2,3)14(18)19-16(10-6-7-11-16)12-8-4-5-9-13(12)17/h4-5,8-9H,6-7,10-11H2,1-3H3. The first-order valence-corrected chi connectivity index (χ1v) is 6.84. The zero-order chi connectivity index (χ0) is 14.1. The van der Waals surface area contributed by atoms with E-state index in [0.29, 0.717) is 18.4 Å². The van der Waals surface area contributed by atoms with Crippen LogP contribution in [0.25, 0.3) is 0 Å². The van der Waals surface area contributed by atoms with Crippen molar-refractivity contribution in [3.63, 3.8) is 0 Å². The fourth-order valence-corrected chi connectivity index (χ4v) is 2.53. The maximum atomic E-state index is 14.0. The Labute approximate surface area is 114 Å². The molecular weight excluding hydrogens is 243 g/mol. The highest BCUT2D eigenvalue weighted by molar-refractivity contribution is 5.76. The number of hydrogen-bond acceptors (Lipinski definition) is 2. The van der Waals surface area contributed by atoms with Crippen LogP contribution in [0, 0.1) is 11.2 Å². The first-order chi connectivity index (χ1) is 8.85. The lowest BCUT2D eigenvalue weighted by molar-refractivity contribution is -0.170. The molecule has 0 N–H and O–H groups in total. The maximum absolute atomic E-state index is 14.0. The molecule has 0 atom stereocenters. The van der Waals surface area contributed by atoms with E-state index in [1.54, 1.807) is 18.2 Å². The fraction of sp³-hybridized carbons (Fsp3) is 0.562. The van der Waals surface area contributed by atoms with Gasteiger partial charge in [-0.15, -0.1) is 0 Å². The number of halogens is 1. The minimum Gasteiger partial charge on any atom is -0.454 e. The van der Waals surface area contributed by atoms with Crippen LogP contribution < -0.4 is 0 Å². The monoisotopic (exact) mass is 264 g/mol. The van der Waals surface area contributed by atoms with Crippen molar-refractivity contribution >= 4 is 5.97 Å². The minimum absolute atomic E-state index is 0.266. The predicted octanol–water partition coefficient (Wildman–Crippen LogP) is 4.18. The normalized spacial score (nSPS) is 18.3. The molecule has 19 heavy (non-hydrogen) atoms. The lowest BCUT2D eigenvalue weighted by Crippen LogP contribution is -2.35. The Morgan fingerprint density at radius 2 is 1.79 bits per heavy atom. The summed E-state index contributed by atoms with van der Waals surface area (Å²) in [6.07, 6.45) is 3.34. The number of carbonyl (C=O) groups excluding carboxylic acids is 1. The van der Waals surface area contributed by atoms with Gasteiger partial charge in [0.25, 0.3) is 0 Å². The van der Waals surface area contributed by atoms with Gasteiger partial charge in [0.15, 0.2) is 0 Å². The third kappa shape index (κ3) is 2.80. The molecule has 0 aliphatic heterocycles. The van der Waals surface area contributed by atoms with Crippen LogP contribution >= 0.6 is 0 Å². The molecule has 1 aliphatic rings. The van der Waals surface area contributed by atoms with E-state index in [-0.39, 0.29) is 11.8 Å². The molecule has 0 radical (unpaired) electrons. The minimum atomic E-state index is -0.768. The molecule has 2 nitrogen and oxygen atoms in total. The summed E-state index contributed by atoms with van der Waals surface area (Å²) in [6.45, 7) is 5.46. The van der Waals surface area contributed by atoms with Gasteiger partial charge in [-0.2, -0.15) is 0 Å². The number of ether oxygens (including phenoxy) is 1. The Morgan fingerprint density at radius 3 is 2.32 bits per heavy atom. The van der Waals surface area contributed by atoms with Gasteiger partial charge in [-0.1, -0.05) is 18.2 Å². The number of carbonyl (C=O) groups is 1. The van der Waals surface area contributed by atoms with Crippen molar-refractivity contribution in [3.8, 4) is 0 Å². The SMILES string of the molecule is CC(C)(C)C(=O)OC1(c2ccccc2F)CCCC1. The van der Waals surface area contributed by atoms with Gasteiger partial charge >= 0.3 is 5.97 Å². The molecule has 0 bridgehead atoms. The first kappa shape index (κ1) is 14.0. The number of hydrogen-bond donors (Lipinski definition) is 0. The van der Waals surface area contributed by atoms with Crippen LogP contribution in [0.2, 0.25) is 0 Å². The summed E-state index contributed by atoms with van der Waals surface area (Å²) in [5.41, 5.74) is -0.818. The smallest absolute Gasteiger partial charge is 0.312 e. The van der Waals surface area contributed by atoms with Crippen LogP contribution in [-0.2, 0) is 15.1 Å². The molecule has 104 valence electrons. The highest BCUT2D eigenvalue weighted by Gasteiger charge is 2.43. The highest BCUT2D eigenvalue weighted by atomic mass is 19.1. The van der Waals surface area contributed by atoms with Crippen molar-refractivity contribution in [1.29, 1.82) is 0 Å². The van der Waals surface area contributed by atoms with Crippen molar-refractivity contribution in [3.05, 3.63) is 35.6 Å². The third-order valence-electron chi connectivity index (χ3n) is 3.68. The van der Waals surface area contributed by atoms with Crippen molar-refractivity contribution in [2.24, 2.45) is 5.41 Å². The van der Waals surface area contributed by atoms with Gasteiger partial charge < -0.3 is 4.74 Å². The van der Waals surface area contributed by atoms with Crippen LogP contribution in [0.1, 0.15) is 52.0 Å². The second-order valence-electron chi connectivity index (χ2n) is 6.32. The Morgan fingerprint density at radius 1 is 1.21 bits per heavy atom. The van der Waals surface area contributed by atoms with E-state index in [4.69, 9.17) is 4.74 Å². The van der Waals surface area contributed by atoms with Gasteiger partial charge in [0.2, 0.25) is 0 Å². The van der Waals surface area contributed by atoms with Crippen molar-refractivity contribution in [1.82, 2.24) is 0 Å². The molecule has 1 aromatic rings. The molecule has 0 saturated heterocycles. The maximum Gasteiger partial charge on any atom is 0.312 e. The summed E-state index contributed by atoms with van der Waals surface area (Å²) >= 11 is 0. The van der Waals surface area contributed by atoms with Gasteiger partial charge in [0.1, 0.15) is 11.4 Å². The average molecular weight is 264 g/mol. The van der Waals surface area contributed by atoms with Crippen LogP contribution in [-0.4, -0.2) is 5.97 Å². The van der Waals surface area contributed by atoms with Crippen LogP contribution in [0.4, 0.5) is 4.39 Å². The van der Waals surface area contributed by atoms with Gasteiger partial charge in [0.05, 0.1) is 5.41 Å². The summed E-state index contributed by atoms with van der Waals surface area (Å²) < 4.78 is 19.8. The molecule has 0 unspecified atom stereocenters. The molecule has 1 fully saturated rings. The Hall–Kier alpha value is -1.38. The summed E-state index contributed by atoms with van der Waals surface area (Å²) in [5.74, 6) is -0.552. The highest BCUT2D eigenvalue weighted by Crippen LogP contribution is 2.44.